The summed E-state index contributed by atoms with van der Waals surface area (Å²) in [5.74, 6) is -1.68. The van der Waals surface area contributed by atoms with Crippen LogP contribution in [0.25, 0.3) is 0 Å². The molecule has 0 amide bonds. The fourth-order valence-corrected chi connectivity index (χ4v) is 1.48. The minimum Gasteiger partial charge on any atom is -0.478 e. The first kappa shape index (κ1) is 22.6. The lowest BCUT2D eigenvalue weighted by atomic mass is 10.1. The first-order chi connectivity index (χ1) is 10.4. The monoisotopic (exact) mass is 316 g/mol. The summed E-state index contributed by atoms with van der Waals surface area (Å²) in [6.45, 7) is 4.66. The maximum absolute atomic E-state index is 11.7. The van der Waals surface area contributed by atoms with Gasteiger partial charge in [0.1, 0.15) is 0 Å². The summed E-state index contributed by atoms with van der Waals surface area (Å²) in [6.07, 6.45) is 10.2. The highest BCUT2D eigenvalue weighted by atomic mass is 19.1. The minimum atomic E-state index is -0.845. The van der Waals surface area contributed by atoms with E-state index in [2.05, 4.69) is 0 Å². The van der Waals surface area contributed by atoms with Crippen LogP contribution in [0.1, 0.15) is 65.7 Å². The summed E-state index contributed by atoms with van der Waals surface area (Å²) in [5.41, 5.74) is 0.812. The first-order valence-electron chi connectivity index (χ1n) is 7.69. The topological polar surface area (TPSA) is 74.6 Å². The second-order valence-electron chi connectivity index (χ2n) is 5.07. The molecular formula is C17H29FO4. The van der Waals surface area contributed by atoms with Crippen molar-refractivity contribution >= 4 is 11.9 Å². The number of unbranched alkanes of at least 4 members (excludes halogenated alkanes) is 6. The van der Waals surface area contributed by atoms with Gasteiger partial charge in [-0.3, -0.25) is 4.39 Å². The normalized spacial score (nSPS) is 11.6. The lowest BCUT2D eigenvalue weighted by molar-refractivity contribution is -0.133. The van der Waals surface area contributed by atoms with Crippen LogP contribution < -0.4 is 0 Å². The van der Waals surface area contributed by atoms with Crippen LogP contribution in [-0.4, -0.2) is 28.8 Å². The predicted molar refractivity (Wildman–Crippen MR) is 86.8 cm³/mol. The highest BCUT2D eigenvalue weighted by Crippen LogP contribution is 2.08. The maximum Gasteiger partial charge on any atom is 0.330 e. The van der Waals surface area contributed by atoms with Crippen molar-refractivity contribution in [3.63, 3.8) is 0 Å². The van der Waals surface area contributed by atoms with Gasteiger partial charge in [0.05, 0.1) is 6.67 Å². The summed E-state index contributed by atoms with van der Waals surface area (Å²) in [4.78, 5) is 20.3. The molecule has 4 nitrogen and oxygen atoms in total. The van der Waals surface area contributed by atoms with E-state index in [-0.39, 0.29) is 6.67 Å². The first-order valence-corrected chi connectivity index (χ1v) is 7.69. The van der Waals surface area contributed by atoms with E-state index in [0.29, 0.717) is 17.6 Å². The fourth-order valence-electron chi connectivity index (χ4n) is 1.48. The molecule has 0 saturated heterocycles. The molecule has 2 N–H and O–H groups in total. The molecule has 0 aromatic rings. The number of hydrogen-bond donors (Lipinski definition) is 2. The Kier molecular flexibility index (Phi) is 16.2. The summed E-state index contributed by atoms with van der Waals surface area (Å²) >= 11 is 0. The molecule has 0 aromatic carbocycles. The number of halogens is 1. The lowest BCUT2D eigenvalue weighted by Gasteiger charge is -1.98. The largest absolute Gasteiger partial charge is 0.478 e. The zero-order valence-electron chi connectivity index (χ0n) is 13.9. The summed E-state index contributed by atoms with van der Waals surface area (Å²) in [6, 6.07) is 0. The molecule has 0 spiro atoms. The van der Waals surface area contributed by atoms with Crippen LogP contribution in [0.4, 0.5) is 4.39 Å². The number of carboxylic acid groups (broad SMARTS) is 2. The smallest absolute Gasteiger partial charge is 0.330 e. The molecule has 0 heterocycles. The quantitative estimate of drug-likeness (QED) is 0.450. The molecule has 128 valence electrons. The molecular weight excluding hydrogens is 287 g/mol. The minimum absolute atomic E-state index is 0.208. The Morgan fingerprint density at radius 2 is 1.32 bits per heavy atom. The van der Waals surface area contributed by atoms with Crippen LogP contribution in [0.15, 0.2) is 23.3 Å². The van der Waals surface area contributed by atoms with E-state index >= 15 is 0 Å². The Morgan fingerprint density at radius 3 is 1.68 bits per heavy atom. The standard InChI is InChI=1S/C12H21FO2.C5H8O2/c1-11(12(14)15)9-7-5-3-2-4-6-8-10-13;1-3-4(2)5(6)7/h9H,2-8,10H2,1H3,(H,14,15);3H,1-2H3,(H,6,7). The van der Waals surface area contributed by atoms with Gasteiger partial charge in [-0.2, -0.15) is 0 Å². The number of hydrogen-bond acceptors (Lipinski definition) is 2. The third-order valence-corrected chi connectivity index (χ3v) is 3.15. The number of allylic oxidation sites excluding steroid dienone is 2. The van der Waals surface area contributed by atoms with Gasteiger partial charge in [0.25, 0.3) is 0 Å². The van der Waals surface area contributed by atoms with Gasteiger partial charge in [0.2, 0.25) is 0 Å². The second kappa shape index (κ2) is 15.7. The fraction of sp³-hybridized carbons (Fsp3) is 0.647. The molecule has 0 rings (SSSR count). The molecule has 0 aromatic heterocycles. The van der Waals surface area contributed by atoms with Gasteiger partial charge in [-0.25, -0.2) is 9.59 Å². The van der Waals surface area contributed by atoms with Crippen molar-refractivity contribution in [2.45, 2.75) is 65.7 Å². The Bertz CT molecular complexity index is 373. The number of carboxylic acids is 2. The predicted octanol–water partition coefficient (Wildman–Crippen LogP) is 4.75. The zero-order chi connectivity index (χ0) is 17.4. The molecule has 5 heteroatoms. The van der Waals surface area contributed by atoms with E-state index in [1.165, 1.54) is 0 Å². The van der Waals surface area contributed by atoms with E-state index in [1.54, 1.807) is 32.9 Å². The molecule has 22 heavy (non-hydrogen) atoms. The number of aliphatic carboxylic acids is 2. The summed E-state index contributed by atoms with van der Waals surface area (Å²) < 4.78 is 11.7. The van der Waals surface area contributed by atoms with E-state index < -0.39 is 11.9 Å². The lowest BCUT2D eigenvalue weighted by Crippen LogP contribution is -1.95. The van der Waals surface area contributed by atoms with Gasteiger partial charge in [-0.15, -0.1) is 0 Å². The van der Waals surface area contributed by atoms with E-state index in [1.807, 2.05) is 0 Å². The molecule has 0 unspecified atom stereocenters. The molecule has 0 fully saturated rings. The Hall–Kier alpha value is -1.65. The van der Waals surface area contributed by atoms with Crippen LogP contribution in [0.2, 0.25) is 0 Å². The van der Waals surface area contributed by atoms with Gasteiger partial charge in [0.15, 0.2) is 0 Å². The van der Waals surface area contributed by atoms with Crippen LogP contribution >= 0.6 is 0 Å². The summed E-state index contributed by atoms with van der Waals surface area (Å²) in [7, 11) is 0. The van der Waals surface area contributed by atoms with Crippen molar-refractivity contribution in [3.05, 3.63) is 23.3 Å². The number of carbonyl (C=O) groups is 2. The SMILES string of the molecule is CC(=CCCCCCCCCF)C(=O)O.CC=C(C)C(=O)O. The third kappa shape index (κ3) is 16.4. The van der Waals surface area contributed by atoms with Crippen molar-refractivity contribution in [3.8, 4) is 0 Å². The van der Waals surface area contributed by atoms with E-state index in [9.17, 15) is 14.0 Å². The van der Waals surface area contributed by atoms with Crippen LogP contribution in [-0.2, 0) is 9.59 Å². The van der Waals surface area contributed by atoms with E-state index in [0.717, 1.165) is 38.5 Å². The van der Waals surface area contributed by atoms with Gasteiger partial charge in [-0.05, 0) is 40.0 Å². The zero-order valence-corrected chi connectivity index (χ0v) is 13.9. The molecule has 0 aliphatic carbocycles. The van der Waals surface area contributed by atoms with Crippen molar-refractivity contribution in [2.75, 3.05) is 6.67 Å². The Labute approximate surface area is 132 Å². The highest BCUT2D eigenvalue weighted by molar-refractivity contribution is 5.85. The van der Waals surface area contributed by atoms with Crippen LogP contribution in [0.5, 0.6) is 0 Å². The average molecular weight is 316 g/mol. The van der Waals surface area contributed by atoms with Gasteiger partial charge >= 0.3 is 11.9 Å². The average Bonchev–Trinajstić information content (AvgIpc) is 2.49. The Balaban J connectivity index is 0. The van der Waals surface area contributed by atoms with Crippen LogP contribution in [0.3, 0.4) is 0 Å². The number of rotatable bonds is 10. The van der Waals surface area contributed by atoms with E-state index in [4.69, 9.17) is 10.2 Å². The molecule has 0 aliphatic rings. The molecule has 0 aliphatic heterocycles. The molecule has 0 atom stereocenters. The molecule has 0 radical (unpaired) electrons. The van der Waals surface area contributed by atoms with Crippen molar-refractivity contribution in [1.82, 2.24) is 0 Å². The van der Waals surface area contributed by atoms with Crippen LogP contribution in [0, 0.1) is 0 Å². The van der Waals surface area contributed by atoms with Crippen molar-refractivity contribution in [2.24, 2.45) is 0 Å². The van der Waals surface area contributed by atoms with Gasteiger partial charge in [0, 0.05) is 11.1 Å². The third-order valence-electron chi connectivity index (χ3n) is 3.15. The molecule has 0 bridgehead atoms. The van der Waals surface area contributed by atoms with Crippen molar-refractivity contribution in [1.29, 1.82) is 0 Å². The Morgan fingerprint density at radius 1 is 0.864 bits per heavy atom. The van der Waals surface area contributed by atoms with Crippen molar-refractivity contribution < 1.29 is 24.2 Å². The highest BCUT2D eigenvalue weighted by Gasteiger charge is 1.97. The summed E-state index contributed by atoms with van der Waals surface area (Å²) in [5, 5.41) is 16.7. The molecule has 0 saturated carbocycles. The van der Waals surface area contributed by atoms with Gasteiger partial charge in [-0.1, -0.05) is 37.8 Å². The second-order valence-corrected chi connectivity index (χ2v) is 5.07. The maximum atomic E-state index is 11.7. The van der Waals surface area contributed by atoms with Gasteiger partial charge < -0.3 is 10.2 Å². The number of alkyl halides is 1.